The van der Waals surface area contributed by atoms with E-state index >= 15 is 0 Å². The third kappa shape index (κ3) is 5.17. The number of carbonyl (C=O) groups excluding carboxylic acids is 2. The van der Waals surface area contributed by atoms with Crippen LogP contribution in [0.3, 0.4) is 0 Å². The highest BCUT2D eigenvalue weighted by Crippen LogP contribution is 2.18. The summed E-state index contributed by atoms with van der Waals surface area (Å²) in [5.41, 5.74) is 2.86. The second kappa shape index (κ2) is 8.53. The monoisotopic (exact) mass is 408 g/mol. The smallest absolute Gasteiger partial charge is 0.321 e. The Balaban J connectivity index is 1.91. The lowest BCUT2D eigenvalue weighted by atomic mass is 10.2. The Labute approximate surface area is 164 Å². The molecule has 0 fully saturated rings. The lowest BCUT2D eigenvalue weighted by Crippen LogP contribution is -2.36. The molecule has 1 aromatic heterocycles. The van der Waals surface area contributed by atoms with Gasteiger partial charge in [-0.1, -0.05) is 17.7 Å². The van der Waals surface area contributed by atoms with E-state index in [1.165, 1.54) is 19.1 Å². The Morgan fingerprint density at radius 1 is 1.18 bits per heavy atom. The molecule has 2 aromatic rings. The van der Waals surface area contributed by atoms with E-state index in [1.807, 2.05) is 6.92 Å². The summed E-state index contributed by atoms with van der Waals surface area (Å²) in [6.45, 7) is 6.20. The molecule has 28 heavy (non-hydrogen) atoms. The Kier molecular flexibility index (Phi) is 6.57. The molecule has 152 valence electrons. The summed E-state index contributed by atoms with van der Waals surface area (Å²) in [6.07, 6.45) is -1.10. The van der Waals surface area contributed by atoms with Crippen molar-refractivity contribution in [1.29, 1.82) is 0 Å². The first-order chi connectivity index (χ1) is 13.0. The Hall–Kier alpha value is -2.72. The summed E-state index contributed by atoms with van der Waals surface area (Å²) in [4.78, 5) is 24.2. The highest BCUT2D eigenvalue weighted by molar-refractivity contribution is 7.89. The number of esters is 1. The quantitative estimate of drug-likeness (QED) is 0.664. The van der Waals surface area contributed by atoms with Crippen molar-refractivity contribution in [3.63, 3.8) is 0 Å². The van der Waals surface area contributed by atoms with Crippen LogP contribution in [0.1, 0.15) is 23.9 Å². The van der Waals surface area contributed by atoms with E-state index in [0.717, 1.165) is 11.3 Å². The van der Waals surface area contributed by atoms with Gasteiger partial charge in [0.2, 0.25) is 10.0 Å². The molecule has 1 atom stereocenters. The summed E-state index contributed by atoms with van der Waals surface area (Å²) in [5.74, 6) is -1.40. The molecule has 0 radical (unpaired) electrons. The highest BCUT2D eigenvalue weighted by atomic mass is 32.2. The molecule has 0 saturated carbocycles. The van der Waals surface area contributed by atoms with Crippen LogP contribution in [0.5, 0.6) is 0 Å². The number of hydrogen-bond donors (Lipinski definition) is 2. The van der Waals surface area contributed by atoms with Gasteiger partial charge in [-0.15, -0.1) is 0 Å². The number of ether oxygens (including phenoxy) is 1. The first-order valence-electron chi connectivity index (χ1n) is 8.58. The summed E-state index contributed by atoms with van der Waals surface area (Å²) >= 11 is 0. The predicted molar refractivity (Wildman–Crippen MR) is 103 cm³/mol. The van der Waals surface area contributed by atoms with Crippen LogP contribution in [0.25, 0.3) is 0 Å². The average Bonchev–Trinajstić information content (AvgIpc) is 2.86. The van der Waals surface area contributed by atoms with Crippen LogP contribution in [-0.2, 0) is 31.4 Å². The van der Waals surface area contributed by atoms with Gasteiger partial charge in [0.05, 0.1) is 22.0 Å². The SMILES string of the molecule is Cc1ccc(S(=O)(=O)NCC(=O)O[C@@H](C)C(=O)Nc2c(C)nn(C)c2C)cc1. The molecular formula is C18H24N4O5S. The fourth-order valence-corrected chi connectivity index (χ4v) is 3.40. The number of hydrogen-bond acceptors (Lipinski definition) is 6. The molecule has 1 heterocycles. The van der Waals surface area contributed by atoms with E-state index in [-0.39, 0.29) is 4.90 Å². The number of nitrogens with zero attached hydrogens (tertiary/aromatic N) is 2. The van der Waals surface area contributed by atoms with Crippen molar-refractivity contribution in [3.05, 3.63) is 41.2 Å². The zero-order valence-corrected chi connectivity index (χ0v) is 17.3. The van der Waals surface area contributed by atoms with Gasteiger partial charge in [0, 0.05) is 7.05 Å². The first kappa shape index (κ1) is 21.6. The second-order valence-corrected chi connectivity index (χ2v) is 8.20. The lowest BCUT2D eigenvalue weighted by Gasteiger charge is -2.14. The van der Waals surface area contributed by atoms with Gasteiger partial charge in [-0.25, -0.2) is 8.42 Å². The number of nitrogens with one attached hydrogen (secondary N) is 2. The molecule has 9 nitrogen and oxygen atoms in total. The fraction of sp³-hybridized carbons (Fsp3) is 0.389. The minimum atomic E-state index is -3.85. The summed E-state index contributed by atoms with van der Waals surface area (Å²) in [7, 11) is -2.10. The standard InChI is InChI=1S/C18H24N4O5S/c1-11-6-8-15(9-7-11)28(25,26)19-10-16(23)27-14(4)18(24)20-17-12(2)21-22(5)13(17)3/h6-9,14,19H,10H2,1-5H3,(H,20,24)/t14-/m0/s1. The van der Waals surface area contributed by atoms with Crippen molar-refractivity contribution in [2.24, 2.45) is 7.05 Å². The Morgan fingerprint density at radius 3 is 2.32 bits per heavy atom. The van der Waals surface area contributed by atoms with Crippen molar-refractivity contribution in [2.45, 2.75) is 38.7 Å². The molecule has 0 aliphatic rings. The number of amides is 1. The first-order valence-corrected chi connectivity index (χ1v) is 10.1. The molecular weight excluding hydrogens is 384 g/mol. The third-order valence-corrected chi connectivity index (χ3v) is 5.59. The number of aromatic nitrogens is 2. The van der Waals surface area contributed by atoms with Gasteiger partial charge in [0.15, 0.2) is 6.10 Å². The summed E-state index contributed by atoms with van der Waals surface area (Å²) < 4.78 is 33.2. The number of carbonyl (C=O) groups is 2. The van der Waals surface area contributed by atoms with Crippen LogP contribution in [0, 0.1) is 20.8 Å². The maximum absolute atomic E-state index is 12.3. The van der Waals surface area contributed by atoms with E-state index in [2.05, 4.69) is 15.1 Å². The van der Waals surface area contributed by atoms with Crippen LogP contribution in [0.4, 0.5) is 5.69 Å². The van der Waals surface area contributed by atoms with E-state index in [4.69, 9.17) is 4.74 Å². The van der Waals surface area contributed by atoms with Crippen molar-refractivity contribution >= 4 is 27.6 Å². The molecule has 1 aromatic carbocycles. The maximum Gasteiger partial charge on any atom is 0.321 e. The third-order valence-electron chi connectivity index (χ3n) is 4.17. The largest absolute Gasteiger partial charge is 0.452 e. The van der Waals surface area contributed by atoms with Crippen LogP contribution >= 0.6 is 0 Å². The normalized spacial score (nSPS) is 12.5. The molecule has 1 amide bonds. The number of rotatable bonds is 7. The minimum absolute atomic E-state index is 0.0409. The van der Waals surface area contributed by atoms with E-state index < -0.39 is 34.5 Å². The zero-order chi connectivity index (χ0) is 21.1. The van der Waals surface area contributed by atoms with Crippen molar-refractivity contribution in [3.8, 4) is 0 Å². The molecule has 0 saturated heterocycles. The Bertz CT molecular complexity index is 980. The molecule has 2 N–H and O–H groups in total. The zero-order valence-electron chi connectivity index (χ0n) is 16.4. The number of anilines is 1. The highest BCUT2D eigenvalue weighted by Gasteiger charge is 2.22. The fourth-order valence-electron chi connectivity index (χ4n) is 2.43. The lowest BCUT2D eigenvalue weighted by molar-refractivity contribution is -0.151. The summed E-state index contributed by atoms with van der Waals surface area (Å²) in [5, 5.41) is 6.86. The van der Waals surface area contributed by atoms with Crippen molar-refractivity contribution < 1.29 is 22.7 Å². The van der Waals surface area contributed by atoms with Gasteiger partial charge in [-0.3, -0.25) is 14.3 Å². The van der Waals surface area contributed by atoms with E-state index in [9.17, 15) is 18.0 Å². The van der Waals surface area contributed by atoms with Crippen LogP contribution in [0.2, 0.25) is 0 Å². The maximum atomic E-state index is 12.3. The molecule has 0 bridgehead atoms. The van der Waals surface area contributed by atoms with Gasteiger partial charge >= 0.3 is 5.97 Å². The van der Waals surface area contributed by atoms with Crippen molar-refractivity contribution in [2.75, 3.05) is 11.9 Å². The Morgan fingerprint density at radius 2 is 1.79 bits per heavy atom. The second-order valence-electron chi connectivity index (χ2n) is 6.43. The molecule has 2 rings (SSSR count). The molecule has 0 unspecified atom stereocenters. The molecule has 0 spiro atoms. The average molecular weight is 408 g/mol. The van der Waals surface area contributed by atoms with Gasteiger partial charge in [0.1, 0.15) is 6.54 Å². The molecule has 0 aliphatic heterocycles. The minimum Gasteiger partial charge on any atom is -0.452 e. The summed E-state index contributed by atoms with van der Waals surface area (Å²) in [6, 6.07) is 6.19. The number of sulfonamides is 1. The van der Waals surface area contributed by atoms with Gasteiger partial charge in [-0.2, -0.15) is 9.82 Å². The van der Waals surface area contributed by atoms with Crippen LogP contribution < -0.4 is 10.0 Å². The van der Waals surface area contributed by atoms with E-state index in [1.54, 1.807) is 37.7 Å². The predicted octanol–water partition coefficient (Wildman–Crippen LogP) is 1.19. The number of benzene rings is 1. The topological polar surface area (TPSA) is 119 Å². The van der Waals surface area contributed by atoms with Gasteiger partial charge in [0.25, 0.3) is 5.91 Å². The molecule has 0 aliphatic carbocycles. The van der Waals surface area contributed by atoms with Crippen LogP contribution in [0.15, 0.2) is 29.2 Å². The number of aryl methyl sites for hydroxylation is 3. The van der Waals surface area contributed by atoms with Gasteiger partial charge in [-0.05, 0) is 39.8 Å². The van der Waals surface area contributed by atoms with Crippen molar-refractivity contribution in [1.82, 2.24) is 14.5 Å². The van der Waals surface area contributed by atoms with Gasteiger partial charge < -0.3 is 10.1 Å². The molecule has 10 heteroatoms. The van der Waals surface area contributed by atoms with Crippen LogP contribution in [-0.4, -0.2) is 42.7 Å². The van der Waals surface area contributed by atoms with E-state index in [0.29, 0.717) is 11.4 Å².